The minimum absolute atomic E-state index is 0.126. The number of benzene rings is 1. The van der Waals surface area contributed by atoms with Crippen LogP contribution in [0.25, 0.3) is 10.9 Å². The summed E-state index contributed by atoms with van der Waals surface area (Å²) in [7, 11) is 0. The zero-order valence-corrected chi connectivity index (χ0v) is 13.1. The van der Waals surface area contributed by atoms with Gasteiger partial charge in [-0.3, -0.25) is 4.79 Å². The number of para-hydroxylation sites is 1. The average Bonchev–Trinajstić information content (AvgIpc) is 3.23. The number of likely N-dealkylation sites (tertiary alicyclic amines) is 1. The summed E-state index contributed by atoms with van der Waals surface area (Å²) in [6.07, 6.45) is 2.12. The van der Waals surface area contributed by atoms with E-state index in [1.807, 2.05) is 46.6 Å². The molecule has 1 saturated heterocycles. The Morgan fingerprint density at radius 1 is 1.14 bits per heavy atom. The van der Waals surface area contributed by atoms with Crippen LogP contribution in [0.5, 0.6) is 0 Å². The van der Waals surface area contributed by atoms with Gasteiger partial charge >= 0.3 is 0 Å². The van der Waals surface area contributed by atoms with Crippen molar-refractivity contribution in [3.8, 4) is 0 Å². The van der Waals surface area contributed by atoms with Gasteiger partial charge < -0.3 is 9.88 Å². The van der Waals surface area contributed by atoms with Gasteiger partial charge in [0.05, 0.1) is 0 Å². The molecular formula is C18H18N2OS. The summed E-state index contributed by atoms with van der Waals surface area (Å²) in [6, 6.07) is 14.3. The number of hydrogen-bond donors (Lipinski definition) is 1. The lowest BCUT2D eigenvalue weighted by Crippen LogP contribution is -2.37. The van der Waals surface area contributed by atoms with Gasteiger partial charge in [-0.25, -0.2) is 0 Å². The Balaban J connectivity index is 1.47. The fourth-order valence-electron chi connectivity index (χ4n) is 3.25. The van der Waals surface area contributed by atoms with Crippen molar-refractivity contribution >= 4 is 28.1 Å². The first kappa shape index (κ1) is 13.6. The van der Waals surface area contributed by atoms with Crippen LogP contribution in [0.4, 0.5) is 0 Å². The second-order valence-electron chi connectivity index (χ2n) is 5.85. The highest BCUT2D eigenvalue weighted by Crippen LogP contribution is 2.31. The van der Waals surface area contributed by atoms with E-state index in [2.05, 4.69) is 22.5 Å². The zero-order chi connectivity index (χ0) is 14.9. The third-order valence-corrected chi connectivity index (χ3v) is 5.52. The van der Waals surface area contributed by atoms with Crippen molar-refractivity contribution in [3.05, 3.63) is 58.4 Å². The molecule has 1 fully saturated rings. The normalized spacial score (nSPS) is 16.3. The molecular weight excluding hydrogens is 292 g/mol. The molecule has 1 aromatic carbocycles. The number of fused-ring (bicyclic) bond motifs is 1. The van der Waals surface area contributed by atoms with Crippen LogP contribution in [-0.4, -0.2) is 28.9 Å². The second kappa shape index (κ2) is 5.61. The smallest absolute Gasteiger partial charge is 0.270 e. The molecule has 0 atom stereocenters. The Kier molecular flexibility index (Phi) is 3.47. The van der Waals surface area contributed by atoms with Crippen LogP contribution in [-0.2, 0) is 0 Å². The lowest BCUT2D eigenvalue weighted by atomic mass is 9.95. The van der Waals surface area contributed by atoms with Crippen molar-refractivity contribution in [3.63, 3.8) is 0 Å². The summed E-state index contributed by atoms with van der Waals surface area (Å²) in [4.78, 5) is 19.3. The first-order chi connectivity index (χ1) is 10.8. The molecule has 0 spiro atoms. The minimum atomic E-state index is 0.126. The molecule has 112 valence electrons. The second-order valence-corrected chi connectivity index (χ2v) is 6.83. The predicted octanol–water partition coefficient (Wildman–Crippen LogP) is 4.25. The number of carbonyl (C=O) groups excluding carboxylic acids is 1. The highest BCUT2D eigenvalue weighted by Gasteiger charge is 2.25. The molecule has 4 heteroatoms. The van der Waals surface area contributed by atoms with Crippen LogP contribution >= 0.6 is 11.3 Å². The highest BCUT2D eigenvalue weighted by molar-refractivity contribution is 7.10. The van der Waals surface area contributed by atoms with Gasteiger partial charge in [-0.15, -0.1) is 11.3 Å². The maximum absolute atomic E-state index is 12.7. The van der Waals surface area contributed by atoms with Crippen LogP contribution in [0.1, 0.15) is 34.1 Å². The summed E-state index contributed by atoms with van der Waals surface area (Å²) >= 11 is 1.83. The third kappa shape index (κ3) is 2.44. The number of thiophene rings is 1. The Labute approximate surface area is 133 Å². The summed E-state index contributed by atoms with van der Waals surface area (Å²) in [5.41, 5.74) is 1.73. The van der Waals surface area contributed by atoms with Gasteiger partial charge in [-0.05, 0) is 42.3 Å². The predicted molar refractivity (Wildman–Crippen MR) is 90.5 cm³/mol. The number of carbonyl (C=O) groups is 1. The molecule has 3 nitrogen and oxygen atoms in total. The van der Waals surface area contributed by atoms with E-state index in [0.717, 1.165) is 36.8 Å². The quantitative estimate of drug-likeness (QED) is 0.754. The molecule has 0 saturated carbocycles. The molecule has 1 aliphatic heterocycles. The van der Waals surface area contributed by atoms with Gasteiger partial charge in [-0.2, -0.15) is 0 Å². The number of H-pyrrole nitrogens is 1. The van der Waals surface area contributed by atoms with Crippen molar-refractivity contribution in [1.82, 2.24) is 9.88 Å². The highest BCUT2D eigenvalue weighted by atomic mass is 32.1. The number of nitrogens with zero attached hydrogens (tertiary/aromatic N) is 1. The fourth-order valence-corrected chi connectivity index (χ4v) is 4.15. The number of aromatic amines is 1. The molecule has 0 unspecified atom stereocenters. The largest absolute Gasteiger partial charge is 0.351 e. The van der Waals surface area contributed by atoms with Crippen molar-refractivity contribution in [1.29, 1.82) is 0 Å². The third-order valence-electron chi connectivity index (χ3n) is 4.49. The van der Waals surface area contributed by atoms with E-state index in [1.165, 1.54) is 4.88 Å². The lowest BCUT2D eigenvalue weighted by molar-refractivity contribution is 0.0709. The number of aromatic nitrogens is 1. The van der Waals surface area contributed by atoms with E-state index in [4.69, 9.17) is 0 Å². The SMILES string of the molecule is O=C(c1cc2ccccc2[nH]1)N1CCC(c2cccs2)CC1. The molecule has 4 rings (SSSR count). The van der Waals surface area contributed by atoms with Gasteiger partial charge in [0.15, 0.2) is 0 Å². The minimum Gasteiger partial charge on any atom is -0.351 e. The topological polar surface area (TPSA) is 36.1 Å². The molecule has 0 bridgehead atoms. The Morgan fingerprint density at radius 3 is 2.68 bits per heavy atom. The number of amides is 1. The molecule has 1 amide bonds. The molecule has 0 radical (unpaired) electrons. The lowest BCUT2D eigenvalue weighted by Gasteiger charge is -2.31. The summed E-state index contributed by atoms with van der Waals surface area (Å²) in [5, 5.41) is 3.23. The van der Waals surface area contributed by atoms with Gasteiger partial charge in [0, 0.05) is 28.9 Å². The maximum atomic E-state index is 12.7. The number of rotatable bonds is 2. The molecule has 22 heavy (non-hydrogen) atoms. The first-order valence-corrected chi connectivity index (χ1v) is 8.59. The van der Waals surface area contributed by atoms with E-state index in [9.17, 15) is 4.79 Å². The Bertz CT molecular complexity index is 749. The monoisotopic (exact) mass is 310 g/mol. The fraction of sp³-hybridized carbons (Fsp3) is 0.278. The van der Waals surface area contributed by atoms with Gasteiger partial charge in [0.2, 0.25) is 0 Å². The van der Waals surface area contributed by atoms with E-state index < -0.39 is 0 Å². The Hall–Kier alpha value is -2.07. The molecule has 0 aliphatic carbocycles. The summed E-state index contributed by atoms with van der Waals surface area (Å²) < 4.78 is 0. The molecule has 3 aromatic rings. The van der Waals surface area contributed by atoms with Crippen molar-refractivity contribution in [2.45, 2.75) is 18.8 Å². The molecule has 3 heterocycles. The van der Waals surface area contributed by atoms with Gasteiger partial charge in [0.25, 0.3) is 5.91 Å². The van der Waals surface area contributed by atoms with Crippen LogP contribution in [0.3, 0.4) is 0 Å². The maximum Gasteiger partial charge on any atom is 0.270 e. The zero-order valence-electron chi connectivity index (χ0n) is 12.3. The van der Waals surface area contributed by atoms with Crippen LogP contribution in [0.2, 0.25) is 0 Å². The van der Waals surface area contributed by atoms with E-state index in [1.54, 1.807) is 0 Å². The van der Waals surface area contributed by atoms with E-state index in [0.29, 0.717) is 11.6 Å². The van der Waals surface area contributed by atoms with Crippen molar-refractivity contribution < 1.29 is 4.79 Å². The van der Waals surface area contributed by atoms with Crippen LogP contribution in [0.15, 0.2) is 47.8 Å². The van der Waals surface area contributed by atoms with Crippen molar-refractivity contribution in [2.75, 3.05) is 13.1 Å². The molecule has 2 aromatic heterocycles. The van der Waals surface area contributed by atoms with Crippen LogP contribution < -0.4 is 0 Å². The first-order valence-electron chi connectivity index (χ1n) is 7.72. The van der Waals surface area contributed by atoms with Gasteiger partial charge in [-0.1, -0.05) is 24.3 Å². The number of nitrogens with one attached hydrogen (secondary N) is 1. The van der Waals surface area contributed by atoms with Crippen LogP contribution in [0, 0.1) is 0 Å². The summed E-state index contributed by atoms with van der Waals surface area (Å²) in [6.45, 7) is 1.69. The van der Waals surface area contributed by atoms with Gasteiger partial charge in [0.1, 0.15) is 5.69 Å². The molecule has 1 N–H and O–H groups in total. The van der Waals surface area contributed by atoms with Crippen molar-refractivity contribution in [2.24, 2.45) is 0 Å². The molecule has 1 aliphatic rings. The number of hydrogen-bond acceptors (Lipinski definition) is 2. The standard InChI is InChI=1S/C18H18N2OS/c21-18(16-12-14-4-1-2-5-15(14)19-16)20-9-7-13(8-10-20)17-6-3-11-22-17/h1-6,11-13,19H,7-10H2. The Morgan fingerprint density at radius 2 is 1.95 bits per heavy atom. The average molecular weight is 310 g/mol. The van der Waals surface area contributed by atoms with E-state index in [-0.39, 0.29) is 5.91 Å². The summed E-state index contributed by atoms with van der Waals surface area (Å²) in [5.74, 6) is 0.743. The van der Waals surface area contributed by atoms with E-state index >= 15 is 0 Å². The number of piperidine rings is 1.